The Labute approximate surface area is 100.0 Å². The summed E-state index contributed by atoms with van der Waals surface area (Å²) in [5.41, 5.74) is 5.14. The topological polar surface area (TPSA) is 63.3 Å². The van der Waals surface area contributed by atoms with Crippen molar-refractivity contribution in [1.29, 1.82) is 0 Å². The standard InChI is InChI=1S/C10H9ClF3NO2/c11-8-9(13)4(3-5(12)10(8)14)6(15)1-2-7(16)17/h3,6H,1-2,15H2,(H,16,17). The average molecular weight is 268 g/mol. The van der Waals surface area contributed by atoms with E-state index in [4.69, 9.17) is 22.4 Å². The molecule has 1 aromatic carbocycles. The number of aliphatic carboxylic acids is 1. The predicted molar refractivity (Wildman–Crippen MR) is 55.1 cm³/mol. The summed E-state index contributed by atoms with van der Waals surface area (Å²) in [5.74, 6) is -5.09. The van der Waals surface area contributed by atoms with Gasteiger partial charge >= 0.3 is 5.97 Å². The van der Waals surface area contributed by atoms with Crippen LogP contribution in [-0.2, 0) is 4.79 Å². The molecule has 94 valence electrons. The Morgan fingerprint density at radius 1 is 1.41 bits per heavy atom. The zero-order chi connectivity index (χ0) is 13.2. The molecule has 3 N–H and O–H groups in total. The van der Waals surface area contributed by atoms with Gasteiger partial charge in [-0.25, -0.2) is 13.2 Å². The second-order valence-corrected chi connectivity index (χ2v) is 3.81. The van der Waals surface area contributed by atoms with Gasteiger partial charge < -0.3 is 10.8 Å². The first kappa shape index (κ1) is 13.8. The molecule has 1 atom stereocenters. The molecule has 0 fully saturated rings. The summed E-state index contributed by atoms with van der Waals surface area (Å²) in [4.78, 5) is 10.3. The summed E-state index contributed by atoms with van der Waals surface area (Å²) in [6.07, 6.45) is -0.412. The minimum absolute atomic E-state index is 0.104. The second kappa shape index (κ2) is 5.37. The van der Waals surface area contributed by atoms with E-state index in [1.54, 1.807) is 0 Å². The van der Waals surface area contributed by atoms with Crippen LogP contribution in [0.3, 0.4) is 0 Å². The van der Waals surface area contributed by atoms with Crippen molar-refractivity contribution in [2.24, 2.45) is 5.73 Å². The van der Waals surface area contributed by atoms with Gasteiger partial charge in [-0.3, -0.25) is 4.79 Å². The molecule has 0 saturated carbocycles. The summed E-state index contributed by atoms with van der Waals surface area (Å²) < 4.78 is 39.3. The van der Waals surface area contributed by atoms with Crippen molar-refractivity contribution < 1.29 is 23.1 Å². The number of nitrogens with two attached hydrogens (primary N) is 1. The first-order valence-electron chi connectivity index (χ1n) is 4.64. The van der Waals surface area contributed by atoms with Crippen molar-refractivity contribution in [2.45, 2.75) is 18.9 Å². The molecule has 0 heterocycles. The lowest BCUT2D eigenvalue weighted by Gasteiger charge is -2.13. The monoisotopic (exact) mass is 267 g/mol. The fourth-order valence-corrected chi connectivity index (χ4v) is 1.49. The van der Waals surface area contributed by atoms with E-state index in [1.807, 2.05) is 0 Å². The summed E-state index contributed by atoms with van der Waals surface area (Å²) in [7, 11) is 0. The summed E-state index contributed by atoms with van der Waals surface area (Å²) >= 11 is 5.23. The van der Waals surface area contributed by atoms with Gasteiger partial charge in [-0.15, -0.1) is 0 Å². The van der Waals surface area contributed by atoms with Gasteiger partial charge in [-0.1, -0.05) is 11.6 Å². The van der Waals surface area contributed by atoms with E-state index >= 15 is 0 Å². The van der Waals surface area contributed by atoms with Gasteiger partial charge in [0.25, 0.3) is 0 Å². The van der Waals surface area contributed by atoms with E-state index in [9.17, 15) is 18.0 Å². The first-order valence-corrected chi connectivity index (χ1v) is 5.02. The molecular formula is C10H9ClF3NO2. The Morgan fingerprint density at radius 3 is 2.53 bits per heavy atom. The molecule has 0 aliphatic heterocycles. The maximum absolute atomic E-state index is 13.5. The van der Waals surface area contributed by atoms with Crippen molar-refractivity contribution in [2.75, 3.05) is 0 Å². The molecule has 1 rings (SSSR count). The number of benzene rings is 1. The highest BCUT2D eigenvalue weighted by Crippen LogP contribution is 2.29. The fraction of sp³-hybridized carbons (Fsp3) is 0.300. The quantitative estimate of drug-likeness (QED) is 0.651. The van der Waals surface area contributed by atoms with Crippen molar-refractivity contribution in [1.82, 2.24) is 0 Å². The van der Waals surface area contributed by atoms with E-state index in [0.717, 1.165) is 0 Å². The maximum Gasteiger partial charge on any atom is 0.303 e. The maximum atomic E-state index is 13.5. The molecule has 0 saturated heterocycles. The number of carboxylic acid groups (broad SMARTS) is 1. The number of carbonyl (C=O) groups is 1. The molecule has 0 amide bonds. The van der Waals surface area contributed by atoms with E-state index in [0.29, 0.717) is 6.07 Å². The van der Waals surface area contributed by atoms with Crippen molar-refractivity contribution >= 4 is 17.6 Å². The molecule has 0 aromatic heterocycles. The zero-order valence-electron chi connectivity index (χ0n) is 8.51. The van der Waals surface area contributed by atoms with Gasteiger partial charge in [0.15, 0.2) is 11.6 Å². The average Bonchev–Trinajstić information content (AvgIpc) is 2.28. The number of carboxylic acids is 1. The molecule has 7 heteroatoms. The molecule has 17 heavy (non-hydrogen) atoms. The molecule has 0 radical (unpaired) electrons. The summed E-state index contributed by atoms with van der Waals surface area (Å²) in [6.45, 7) is 0. The number of hydrogen-bond donors (Lipinski definition) is 2. The van der Waals surface area contributed by atoms with Crippen LogP contribution in [0.4, 0.5) is 13.2 Å². The van der Waals surface area contributed by atoms with Gasteiger partial charge in [-0.2, -0.15) is 0 Å². The van der Waals surface area contributed by atoms with E-state index in [1.165, 1.54) is 0 Å². The van der Waals surface area contributed by atoms with Crippen LogP contribution in [0.25, 0.3) is 0 Å². The molecule has 0 bridgehead atoms. The van der Waals surface area contributed by atoms with Crippen LogP contribution in [0.2, 0.25) is 5.02 Å². The van der Waals surface area contributed by atoms with Crippen molar-refractivity contribution in [3.63, 3.8) is 0 Å². The van der Waals surface area contributed by atoms with Gasteiger partial charge in [0.2, 0.25) is 0 Å². The van der Waals surface area contributed by atoms with Crippen molar-refractivity contribution in [3.05, 3.63) is 34.1 Å². The highest BCUT2D eigenvalue weighted by Gasteiger charge is 2.21. The van der Waals surface area contributed by atoms with Gasteiger partial charge in [0.05, 0.1) is 0 Å². The van der Waals surface area contributed by atoms with Crippen LogP contribution in [-0.4, -0.2) is 11.1 Å². The normalized spacial score (nSPS) is 12.5. The molecule has 3 nitrogen and oxygen atoms in total. The summed E-state index contributed by atoms with van der Waals surface area (Å²) in [5, 5.41) is 7.44. The Hall–Kier alpha value is -1.27. The highest BCUT2D eigenvalue weighted by molar-refractivity contribution is 6.31. The zero-order valence-corrected chi connectivity index (χ0v) is 9.27. The Morgan fingerprint density at radius 2 is 2.00 bits per heavy atom. The minimum atomic E-state index is -1.49. The Balaban J connectivity index is 3.02. The van der Waals surface area contributed by atoms with Crippen molar-refractivity contribution in [3.8, 4) is 0 Å². The summed E-state index contributed by atoms with van der Waals surface area (Å²) in [6, 6.07) is -0.470. The molecule has 0 spiro atoms. The van der Waals surface area contributed by atoms with E-state index in [-0.39, 0.29) is 18.4 Å². The van der Waals surface area contributed by atoms with E-state index in [2.05, 4.69) is 0 Å². The predicted octanol–water partition coefficient (Wildman–Crippen LogP) is 2.62. The fourth-order valence-electron chi connectivity index (χ4n) is 1.30. The number of rotatable bonds is 4. The Bertz CT molecular complexity index is 454. The van der Waals surface area contributed by atoms with E-state index < -0.39 is 34.5 Å². The molecule has 0 aliphatic carbocycles. The third-order valence-electron chi connectivity index (χ3n) is 2.20. The minimum Gasteiger partial charge on any atom is -0.481 e. The van der Waals surface area contributed by atoms with Crippen LogP contribution >= 0.6 is 11.6 Å². The van der Waals surface area contributed by atoms with Crippen LogP contribution in [0.1, 0.15) is 24.4 Å². The molecule has 1 unspecified atom stereocenters. The Kier molecular flexibility index (Phi) is 4.36. The highest BCUT2D eigenvalue weighted by atomic mass is 35.5. The van der Waals surface area contributed by atoms with Crippen LogP contribution in [0, 0.1) is 17.5 Å². The third-order valence-corrected chi connectivity index (χ3v) is 2.53. The third kappa shape index (κ3) is 3.10. The largest absolute Gasteiger partial charge is 0.481 e. The van der Waals surface area contributed by atoms with Gasteiger partial charge in [0.1, 0.15) is 10.8 Å². The van der Waals surface area contributed by atoms with Crippen LogP contribution in [0.15, 0.2) is 6.07 Å². The SMILES string of the molecule is NC(CCC(=O)O)c1cc(F)c(F)c(Cl)c1F. The van der Waals surface area contributed by atoms with Gasteiger partial charge in [0, 0.05) is 18.0 Å². The first-order chi connectivity index (χ1) is 7.84. The smallest absolute Gasteiger partial charge is 0.303 e. The lowest BCUT2D eigenvalue weighted by atomic mass is 10.0. The molecule has 1 aromatic rings. The molecular weight excluding hydrogens is 259 g/mol. The second-order valence-electron chi connectivity index (χ2n) is 3.43. The van der Waals surface area contributed by atoms with Crippen LogP contribution in [0.5, 0.6) is 0 Å². The lowest BCUT2D eigenvalue weighted by Crippen LogP contribution is -2.15. The van der Waals surface area contributed by atoms with Crippen LogP contribution < -0.4 is 5.73 Å². The van der Waals surface area contributed by atoms with Gasteiger partial charge in [-0.05, 0) is 12.5 Å². The number of hydrogen-bond acceptors (Lipinski definition) is 2. The number of halogens is 4. The lowest BCUT2D eigenvalue weighted by molar-refractivity contribution is -0.137. The molecule has 0 aliphatic rings.